The maximum atomic E-state index is 11.1. The molecule has 0 bridgehead atoms. The molecule has 1 fully saturated rings. The van der Waals surface area contributed by atoms with Crippen LogP contribution in [0.2, 0.25) is 0 Å². The van der Waals surface area contributed by atoms with Crippen LogP contribution in [0.15, 0.2) is 35.5 Å². The molecule has 0 radical (unpaired) electrons. The number of hydrogen-bond donors (Lipinski definition) is 1. The maximum absolute atomic E-state index is 11.1. The maximum Gasteiger partial charge on any atom is 0.302 e. The Morgan fingerprint density at radius 3 is 2.60 bits per heavy atom. The summed E-state index contributed by atoms with van der Waals surface area (Å²) in [6, 6.07) is 0. The van der Waals surface area contributed by atoms with Crippen LogP contribution in [-0.2, 0) is 9.53 Å². The highest BCUT2D eigenvalue weighted by atomic mass is 16.5. The van der Waals surface area contributed by atoms with Crippen molar-refractivity contribution in [3.8, 4) is 11.8 Å². The van der Waals surface area contributed by atoms with Gasteiger partial charge in [0, 0.05) is 12.3 Å². The minimum Gasteiger partial charge on any atom is -0.462 e. The van der Waals surface area contributed by atoms with Crippen LogP contribution in [0.4, 0.5) is 0 Å². The fourth-order valence-electron chi connectivity index (χ4n) is 3.15. The monoisotopic (exact) mass is 344 g/mol. The van der Waals surface area contributed by atoms with Crippen LogP contribution >= 0.6 is 0 Å². The van der Waals surface area contributed by atoms with Gasteiger partial charge in [-0.2, -0.15) is 0 Å². The van der Waals surface area contributed by atoms with Crippen LogP contribution < -0.4 is 0 Å². The van der Waals surface area contributed by atoms with Gasteiger partial charge in [0.15, 0.2) is 0 Å². The van der Waals surface area contributed by atoms with Crippen molar-refractivity contribution in [1.82, 2.24) is 0 Å². The molecule has 0 spiro atoms. The van der Waals surface area contributed by atoms with E-state index < -0.39 is 5.60 Å². The molecular weight excluding hydrogens is 312 g/mol. The van der Waals surface area contributed by atoms with Gasteiger partial charge in [0.1, 0.15) is 12.2 Å². The van der Waals surface area contributed by atoms with Crippen LogP contribution in [0, 0.1) is 23.2 Å². The lowest BCUT2D eigenvalue weighted by Gasteiger charge is -2.47. The number of ether oxygens (including phenoxy) is 1. The lowest BCUT2D eigenvalue weighted by atomic mass is 9.61. The first kappa shape index (κ1) is 21.3. The number of esters is 1. The zero-order chi connectivity index (χ0) is 19.1. The highest BCUT2D eigenvalue weighted by Gasteiger charge is 2.48. The molecule has 0 unspecified atom stereocenters. The van der Waals surface area contributed by atoms with Crippen LogP contribution in [0.3, 0.4) is 0 Å². The van der Waals surface area contributed by atoms with E-state index in [1.807, 2.05) is 38.2 Å². The average molecular weight is 344 g/mol. The third kappa shape index (κ3) is 6.21. The van der Waals surface area contributed by atoms with Crippen molar-refractivity contribution in [2.45, 2.75) is 66.4 Å². The van der Waals surface area contributed by atoms with Gasteiger partial charge in [-0.05, 0) is 44.3 Å². The summed E-state index contributed by atoms with van der Waals surface area (Å²) in [5.41, 5.74) is 0.790. The lowest BCUT2D eigenvalue weighted by molar-refractivity contribution is -0.139. The van der Waals surface area contributed by atoms with Crippen molar-refractivity contribution >= 4 is 5.97 Å². The molecule has 3 heteroatoms. The molecule has 0 aliphatic heterocycles. The van der Waals surface area contributed by atoms with Crippen molar-refractivity contribution in [3.63, 3.8) is 0 Å². The Kier molecular flexibility index (Phi) is 7.70. The zero-order valence-electron chi connectivity index (χ0n) is 16.5. The smallest absolute Gasteiger partial charge is 0.302 e. The molecule has 138 valence electrons. The summed E-state index contributed by atoms with van der Waals surface area (Å²) in [5.74, 6) is 6.18. The van der Waals surface area contributed by atoms with Gasteiger partial charge in [-0.25, -0.2) is 0 Å². The second-order valence-corrected chi connectivity index (χ2v) is 7.65. The highest BCUT2D eigenvalue weighted by Crippen LogP contribution is 2.46. The topological polar surface area (TPSA) is 46.5 Å². The normalized spacial score (nSPS) is 26.9. The zero-order valence-corrected chi connectivity index (χ0v) is 16.5. The number of carbonyl (C=O) groups excluding carboxylic acids is 1. The quantitative estimate of drug-likeness (QED) is 0.461. The molecule has 1 rings (SSSR count). The Morgan fingerprint density at radius 2 is 2.00 bits per heavy atom. The molecule has 1 N–H and O–H groups in total. The predicted molar refractivity (Wildman–Crippen MR) is 103 cm³/mol. The first-order valence-electron chi connectivity index (χ1n) is 8.99. The average Bonchev–Trinajstić information content (AvgIpc) is 2.50. The summed E-state index contributed by atoms with van der Waals surface area (Å²) in [7, 11) is 0. The number of aliphatic hydroxyl groups is 1. The molecule has 0 amide bonds. The van der Waals surface area contributed by atoms with Gasteiger partial charge in [-0.1, -0.05) is 62.8 Å². The van der Waals surface area contributed by atoms with E-state index in [9.17, 15) is 9.90 Å². The van der Waals surface area contributed by atoms with Crippen molar-refractivity contribution in [2.24, 2.45) is 11.3 Å². The van der Waals surface area contributed by atoms with Gasteiger partial charge in [-0.15, -0.1) is 0 Å². The summed E-state index contributed by atoms with van der Waals surface area (Å²) < 4.78 is 4.87. The van der Waals surface area contributed by atoms with E-state index in [0.717, 1.165) is 30.4 Å². The summed E-state index contributed by atoms with van der Waals surface area (Å²) in [5, 5.41) is 11.1. The van der Waals surface area contributed by atoms with Crippen LogP contribution in [0.1, 0.15) is 60.8 Å². The Hall–Kier alpha value is -1.79. The highest BCUT2D eigenvalue weighted by molar-refractivity contribution is 5.66. The van der Waals surface area contributed by atoms with Gasteiger partial charge in [0.05, 0.1) is 0 Å². The van der Waals surface area contributed by atoms with Gasteiger partial charge in [-0.3, -0.25) is 4.79 Å². The fraction of sp³-hybridized carbons (Fsp3) is 0.591. The molecule has 0 heterocycles. The Morgan fingerprint density at radius 1 is 1.32 bits per heavy atom. The van der Waals surface area contributed by atoms with Crippen LogP contribution in [-0.4, -0.2) is 23.3 Å². The SMILES string of the molecule is CC(=O)OCC=C(C)C=CC=C(C)C#C[C@]1(O)[C@H](C)CCCC1(C)C. The van der Waals surface area contributed by atoms with E-state index in [0.29, 0.717) is 0 Å². The molecule has 2 atom stereocenters. The second kappa shape index (κ2) is 9.06. The largest absolute Gasteiger partial charge is 0.462 e. The standard InChI is InChI=1S/C22H32O3/c1-17(9-7-10-18(2)13-16-25-20(4)23)12-15-22(24)19(3)11-8-14-21(22,5)6/h7,9-10,13,19,24H,8,11,14,16H2,1-6H3/t19-,22+/m1/s1. The molecule has 1 aliphatic rings. The number of rotatable bonds is 4. The molecule has 1 saturated carbocycles. The molecule has 1 aliphatic carbocycles. The minimum absolute atomic E-state index is 0.179. The summed E-state index contributed by atoms with van der Waals surface area (Å²) in [6.07, 6.45) is 10.8. The number of allylic oxidation sites excluding steroid dienone is 5. The van der Waals surface area contributed by atoms with Gasteiger partial charge in [0.25, 0.3) is 0 Å². The van der Waals surface area contributed by atoms with Gasteiger partial charge >= 0.3 is 5.97 Å². The van der Waals surface area contributed by atoms with Crippen molar-refractivity contribution in [3.05, 3.63) is 35.5 Å². The number of hydrogen-bond acceptors (Lipinski definition) is 3. The molecule has 0 aromatic carbocycles. The first-order valence-corrected chi connectivity index (χ1v) is 8.99. The summed E-state index contributed by atoms with van der Waals surface area (Å²) in [6.45, 7) is 11.9. The van der Waals surface area contributed by atoms with Crippen LogP contribution in [0.25, 0.3) is 0 Å². The molecule has 3 nitrogen and oxygen atoms in total. The molecule has 25 heavy (non-hydrogen) atoms. The first-order chi connectivity index (χ1) is 11.6. The Balaban J connectivity index is 2.77. The third-order valence-corrected chi connectivity index (χ3v) is 5.03. The summed E-state index contributed by atoms with van der Waals surface area (Å²) in [4.78, 5) is 10.7. The van der Waals surface area contributed by atoms with E-state index in [1.54, 1.807) is 0 Å². The van der Waals surface area contributed by atoms with E-state index in [2.05, 4.69) is 32.6 Å². The van der Waals surface area contributed by atoms with E-state index in [-0.39, 0.29) is 23.9 Å². The lowest BCUT2D eigenvalue weighted by Crippen LogP contribution is -2.51. The van der Waals surface area contributed by atoms with Gasteiger partial charge in [0.2, 0.25) is 0 Å². The van der Waals surface area contributed by atoms with Gasteiger partial charge < -0.3 is 9.84 Å². The van der Waals surface area contributed by atoms with E-state index >= 15 is 0 Å². The second-order valence-electron chi connectivity index (χ2n) is 7.65. The Bertz CT molecular complexity index is 625. The molecular formula is C22H32O3. The summed E-state index contributed by atoms with van der Waals surface area (Å²) >= 11 is 0. The molecule has 0 aromatic heterocycles. The fourth-order valence-corrected chi connectivity index (χ4v) is 3.15. The predicted octanol–water partition coefficient (Wildman–Crippen LogP) is 4.58. The van der Waals surface area contributed by atoms with Crippen molar-refractivity contribution in [1.29, 1.82) is 0 Å². The molecule has 0 aromatic rings. The van der Waals surface area contributed by atoms with Crippen molar-refractivity contribution < 1.29 is 14.6 Å². The van der Waals surface area contributed by atoms with E-state index in [4.69, 9.17) is 4.74 Å². The van der Waals surface area contributed by atoms with Crippen LogP contribution in [0.5, 0.6) is 0 Å². The third-order valence-electron chi connectivity index (χ3n) is 5.03. The van der Waals surface area contributed by atoms with Crippen molar-refractivity contribution in [2.75, 3.05) is 6.61 Å². The van der Waals surface area contributed by atoms with E-state index in [1.165, 1.54) is 6.92 Å². The molecule has 0 saturated heterocycles. The number of carbonyl (C=O) groups is 1. The Labute approximate surface area is 152 Å². The minimum atomic E-state index is -0.941.